The average Bonchev–Trinajstić information content (AvgIpc) is 2.25. The molecule has 16 heavy (non-hydrogen) atoms. The van der Waals surface area contributed by atoms with Crippen molar-refractivity contribution >= 4 is 11.7 Å². The quantitative estimate of drug-likeness (QED) is 0.730. The van der Waals surface area contributed by atoms with Crippen molar-refractivity contribution in [3.63, 3.8) is 0 Å². The first-order chi connectivity index (χ1) is 7.59. The zero-order valence-corrected chi connectivity index (χ0v) is 10.4. The maximum absolute atomic E-state index is 11.7. The van der Waals surface area contributed by atoms with Crippen LogP contribution < -0.4 is 5.32 Å². The minimum absolute atomic E-state index is 0.0803. The molecule has 1 rings (SSSR count). The van der Waals surface area contributed by atoms with Crippen LogP contribution in [0.4, 0.5) is 0 Å². The van der Waals surface area contributed by atoms with Crippen molar-refractivity contribution in [2.45, 2.75) is 52.4 Å². The van der Waals surface area contributed by atoms with Crippen molar-refractivity contribution in [3.8, 4) is 0 Å². The maximum Gasteiger partial charge on any atom is 0.223 e. The molecule has 0 unspecified atom stereocenters. The van der Waals surface area contributed by atoms with Crippen LogP contribution in [0.1, 0.15) is 52.4 Å². The van der Waals surface area contributed by atoms with Crippen LogP contribution in [0.2, 0.25) is 0 Å². The van der Waals surface area contributed by atoms with E-state index in [1.807, 2.05) is 0 Å². The number of ketones is 1. The largest absolute Gasteiger partial charge is 0.356 e. The summed E-state index contributed by atoms with van der Waals surface area (Å²) < 4.78 is 0. The Kier molecular flexibility index (Phi) is 5.50. The maximum atomic E-state index is 11.7. The minimum Gasteiger partial charge on any atom is -0.356 e. The Labute approximate surface area is 98.0 Å². The lowest BCUT2D eigenvalue weighted by molar-refractivity contribution is -0.128. The van der Waals surface area contributed by atoms with Crippen LogP contribution >= 0.6 is 0 Å². The number of nitrogens with one attached hydrogen (secondary N) is 1. The van der Waals surface area contributed by atoms with Gasteiger partial charge in [0, 0.05) is 25.3 Å². The van der Waals surface area contributed by atoms with Crippen LogP contribution in [-0.2, 0) is 9.59 Å². The van der Waals surface area contributed by atoms with E-state index in [9.17, 15) is 9.59 Å². The fourth-order valence-corrected chi connectivity index (χ4v) is 2.07. The Balaban J connectivity index is 2.12. The van der Waals surface area contributed by atoms with Gasteiger partial charge in [0.05, 0.1) is 0 Å². The lowest BCUT2D eigenvalue weighted by Gasteiger charge is -2.20. The van der Waals surface area contributed by atoms with Gasteiger partial charge in [0.2, 0.25) is 5.91 Å². The highest BCUT2D eigenvalue weighted by Crippen LogP contribution is 2.21. The lowest BCUT2D eigenvalue weighted by Crippen LogP contribution is -2.33. The summed E-state index contributed by atoms with van der Waals surface area (Å²) in [7, 11) is 0. The Hall–Kier alpha value is -0.860. The molecule has 1 aliphatic carbocycles. The number of hydrogen-bond donors (Lipinski definition) is 1. The number of carbonyl (C=O) groups excluding carboxylic acids is 2. The predicted octanol–water partition coefficient (Wildman–Crippen LogP) is 2.30. The van der Waals surface area contributed by atoms with E-state index in [0.29, 0.717) is 24.5 Å². The Morgan fingerprint density at radius 2 is 2.00 bits per heavy atom. The van der Waals surface area contributed by atoms with E-state index in [1.165, 1.54) is 0 Å². The molecule has 0 aliphatic heterocycles. The number of carbonyl (C=O) groups is 2. The molecule has 1 saturated carbocycles. The van der Waals surface area contributed by atoms with Gasteiger partial charge in [0.1, 0.15) is 5.78 Å². The van der Waals surface area contributed by atoms with Crippen molar-refractivity contribution in [1.29, 1.82) is 0 Å². The molecule has 0 bridgehead atoms. The molecule has 3 heteroatoms. The molecular formula is C13H23NO2. The van der Waals surface area contributed by atoms with Crippen molar-refractivity contribution in [2.24, 2.45) is 11.8 Å². The second-order valence-corrected chi connectivity index (χ2v) is 5.14. The molecule has 1 amide bonds. The third-order valence-corrected chi connectivity index (χ3v) is 3.17. The molecule has 0 aromatic carbocycles. The van der Waals surface area contributed by atoms with Gasteiger partial charge in [-0.1, -0.05) is 13.8 Å². The van der Waals surface area contributed by atoms with Crippen LogP contribution in [0.15, 0.2) is 0 Å². The van der Waals surface area contributed by atoms with Gasteiger partial charge in [-0.25, -0.2) is 0 Å². The fraction of sp³-hybridized carbons (Fsp3) is 0.846. The van der Waals surface area contributed by atoms with Crippen LogP contribution in [0, 0.1) is 11.8 Å². The van der Waals surface area contributed by atoms with Gasteiger partial charge in [-0.15, -0.1) is 0 Å². The topological polar surface area (TPSA) is 46.2 Å². The molecule has 0 radical (unpaired) electrons. The zero-order valence-electron chi connectivity index (χ0n) is 10.4. The Bertz CT molecular complexity index is 238. The number of Topliss-reactive ketones (excluding diaryl/α,β-unsaturated/α-hetero) is 1. The van der Waals surface area contributed by atoms with Gasteiger partial charge < -0.3 is 5.32 Å². The first-order valence-corrected chi connectivity index (χ1v) is 6.39. The molecular weight excluding hydrogens is 202 g/mol. The minimum atomic E-state index is 0.0803. The lowest BCUT2D eigenvalue weighted by atomic mass is 9.88. The molecule has 3 nitrogen and oxygen atoms in total. The highest BCUT2D eigenvalue weighted by atomic mass is 16.2. The molecule has 1 fully saturated rings. The van der Waals surface area contributed by atoms with Gasteiger partial charge in [-0.3, -0.25) is 9.59 Å². The molecule has 1 aliphatic rings. The average molecular weight is 225 g/mol. The van der Waals surface area contributed by atoms with Crippen LogP contribution in [0.5, 0.6) is 0 Å². The second kappa shape index (κ2) is 6.66. The summed E-state index contributed by atoms with van der Waals surface area (Å²) in [5.74, 6) is 1.24. The molecule has 1 N–H and O–H groups in total. The van der Waals surface area contributed by atoms with Gasteiger partial charge in [-0.2, -0.15) is 0 Å². The summed E-state index contributed by atoms with van der Waals surface area (Å²) in [4.78, 5) is 22.8. The predicted molar refractivity (Wildman–Crippen MR) is 64.0 cm³/mol. The molecule has 0 atom stereocenters. The third-order valence-electron chi connectivity index (χ3n) is 3.17. The second-order valence-electron chi connectivity index (χ2n) is 5.14. The third kappa shape index (κ3) is 4.77. The van der Waals surface area contributed by atoms with Crippen LogP contribution in [0.25, 0.3) is 0 Å². The van der Waals surface area contributed by atoms with E-state index in [1.54, 1.807) is 0 Å². The summed E-state index contributed by atoms with van der Waals surface area (Å²) in [6, 6.07) is 0. The van der Waals surface area contributed by atoms with Gasteiger partial charge in [-0.05, 0) is 31.6 Å². The van der Waals surface area contributed by atoms with E-state index in [0.717, 1.165) is 32.2 Å². The highest BCUT2D eigenvalue weighted by molar-refractivity contribution is 5.84. The van der Waals surface area contributed by atoms with Crippen LogP contribution in [-0.4, -0.2) is 18.2 Å². The van der Waals surface area contributed by atoms with Gasteiger partial charge >= 0.3 is 0 Å². The van der Waals surface area contributed by atoms with E-state index in [-0.39, 0.29) is 11.8 Å². The number of rotatable bonds is 5. The standard InChI is InChI=1S/C13H23NO2/c1-10(2)4-3-9-14-13(16)11-5-7-12(15)8-6-11/h10-11H,3-9H2,1-2H3,(H,14,16). The van der Waals surface area contributed by atoms with Gasteiger partial charge in [0.15, 0.2) is 0 Å². The first kappa shape index (κ1) is 13.2. The Morgan fingerprint density at radius 1 is 1.38 bits per heavy atom. The summed E-state index contributed by atoms with van der Waals surface area (Å²) >= 11 is 0. The molecule has 0 heterocycles. The molecule has 0 aromatic rings. The monoisotopic (exact) mass is 225 g/mol. The molecule has 0 aromatic heterocycles. The smallest absolute Gasteiger partial charge is 0.223 e. The van der Waals surface area contributed by atoms with Gasteiger partial charge in [0.25, 0.3) is 0 Å². The molecule has 92 valence electrons. The van der Waals surface area contributed by atoms with Crippen molar-refractivity contribution < 1.29 is 9.59 Å². The van der Waals surface area contributed by atoms with E-state index < -0.39 is 0 Å². The summed E-state index contributed by atoms with van der Waals surface area (Å²) in [5, 5.41) is 2.97. The van der Waals surface area contributed by atoms with Crippen molar-refractivity contribution in [2.75, 3.05) is 6.54 Å². The van der Waals surface area contributed by atoms with E-state index in [4.69, 9.17) is 0 Å². The summed E-state index contributed by atoms with van der Waals surface area (Å²) in [6.45, 7) is 5.16. The van der Waals surface area contributed by atoms with Crippen LogP contribution in [0.3, 0.4) is 0 Å². The summed E-state index contributed by atoms with van der Waals surface area (Å²) in [6.07, 6.45) is 4.87. The van der Waals surface area contributed by atoms with E-state index >= 15 is 0 Å². The fourth-order valence-electron chi connectivity index (χ4n) is 2.07. The number of amides is 1. The normalized spacial score (nSPS) is 17.8. The molecule has 0 saturated heterocycles. The SMILES string of the molecule is CC(C)CCCNC(=O)C1CCC(=O)CC1. The highest BCUT2D eigenvalue weighted by Gasteiger charge is 2.24. The first-order valence-electron chi connectivity index (χ1n) is 6.39. The summed E-state index contributed by atoms with van der Waals surface area (Å²) in [5.41, 5.74) is 0. The zero-order chi connectivity index (χ0) is 12.0. The Morgan fingerprint density at radius 3 is 2.56 bits per heavy atom. The number of hydrogen-bond acceptors (Lipinski definition) is 2. The van der Waals surface area contributed by atoms with Crippen molar-refractivity contribution in [1.82, 2.24) is 5.32 Å². The molecule has 0 spiro atoms. The van der Waals surface area contributed by atoms with E-state index in [2.05, 4.69) is 19.2 Å². The van der Waals surface area contributed by atoms with Crippen molar-refractivity contribution in [3.05, 3.63) is 0 Å².